The molecule has 0 radical (unpaired) electrons. The predicted octanol–water partition coefficient (Wildman–Crippen LogP) is 0.745. The summed E-state index contributed by atoms with van der Waals surface area (Å²) in [6.45, 7) is 0.823. The van der Waals surface area contributed by atoms with E-state index in [1.165, 1.54) is 11.0 Å². The molecule has 1 saturated heterocycles. The summed E-state index contributed by atoms with van der Waals surface area (Å²) in [5.74, 6) is -1.61. The first-order valence-corrected chi connectivity index (χ1v) is 6.12. The number of nitrogens with zero attached hydrogens (tertiary/aromatic N) is 1. The van der Waals surface area contributed by atoms with Gasteiger partial charge in [0.25, 0.3) is 5.91 Å². The lowest BCUT2D eigenvalue weighted by atomic mass is 9.97. The van der Waals surface area contributed by atoms with E-state index in [9.17, 15) is 14.0 Å². The minimum Gasteiger partial charge on any atom is -0.399 e. The Bertz CT molecular complexity index is 498. The van der Waals surface area contributed by atoms with Crippen molar-refractivity contribution in [3.63, 3.8) is 0 Å². The SMILES string of the molecule is NC(=O)C1CCCN(C(=O)c2cc(N)cc(F)c2)C1. The molecule has 2 amide bonds. The number of nitrogen functional groups attached to an aromatic ring is 1. The molecule has 0 aliphatic carbocycles. The van der Waals surface area contributed by atoms with Gasteiger partial charge in [-0.05, 0) is 31.0 Å². The maximum atomic E-state index is 13.2. The fourth-order valence-corrected chi connectivity index (χ4v) is 2.31. The molecule has 102 valence electrons. The molecule has 1 aliphatic heterocycles. The highest BCUT2D eigenvalue weighted by atomic mass is 19.1. The number of primary amides is 1. The highest BCUT2D eigenvalue weighted by Gasteiger charge is 2.27. The number of hydrogen-bond acceptors (Lipinski definition) is 3. The quantitative estimate of drug-likeness (QED) is 0.773. The van der Waals surface area contributed by atoms with E-state index in [0.717, 1.165) is 12.1 Å². The van der Waals surface area contributed by atoms with E-state index in [4.69, 9.17) is 11.5 Å². The van der Waals surface area contributed by atoms with Gasteiger partial charge in [0.05, 0.1) is 5.92 Å². The Balaban J connectivity index is 2.16. The van der Waals surface area contributed by atoms with Crippen LogP contribution in [0.2, 0.25) is 0 Å². The molecule has 0 saturated carbocycles. The molecule has 1 unspecified atom stereocenters. The smallest absolute Gasteiger partial charge is 0.254 e. The Morgan fingerprint density at radius 1 is 1.32 bits per heavy atom. The van der Waals surface area contributed by atoms with Crippen LogP contribution in [0.3, 0.4) is 0 Å². The van der Waals surface area contributed by atoms with Crippen LogP contribution < -0.4 is 11.5 Å². The molecule has 6 heteroatoms. The van der Waals surface area contributed by atoms with Gasteiger partial charge >= 0.3 is 0 Å². The highest BCUT2D eigenvalue weighted by molar-refractivity contribution is 5.95. The number of halogens is 1. The van der Waals surface area contributed by atoms with Crippen LogP contribution in [0.4, 0.5) is 10.1 Å². The molecule has 1 aromatic rings. The van der Waals surface area contributed by atoms with Crippen LogP contribution in [-0.4, -0.2) is 29.8 Å². The third-order valence-electron chi connectivity index (χ3n) is 3.28. The standard InChI is InChI=1S/C13H16FN3O2/c14-10-4-9(5-11(15)6-10)13(19)17-3-1-2-8(7-17)12(16)18/h4-6,8H,1-3,7,15H2,(H2,16,18). The molecular weight excluding hydrogens is 249 g/mol. The third-order valence-corrected chi connectivity index (χ3v) is 3.28. The molecule has 0 bridgehead atoms. The van der Waals surface area contributed by atoms with E-state index in [1.54, 1.807) is 0 Å². The Kier molecular flexibility index (Phi) is 3.69. The van der Waals surface area contributed by atoms with E-state index >= 15 is 0 Å². The minimum absolute atomic E-state index is 0.197. The molecule has 1 heterocycles. The van der Waals surface area contributed by atoms with Gasteiger partial charge in [0, 0.05) is 24.3 Å². The van der Waals surface area contributed by atoms with Gasteiger partial charge < -0.3 is 16.4 Å². The van der Waals surface area contributed by atoms with Crippen molar-refractivity contribution in [3.05, 3.63) is 29.6 Å². The molecule has 1 atom stereocenters. The van der Waals surface area contributed by atoms with Crippen LogP contribution in [0.1, 0.15) is 23.2 Å². The normalized spacial score (nSPS) is 19.2. The largest absolute Gasteiger partial charge is 0.399 e. The maximum Gasteiger partial charge on any atom is 0.254 e. The first kappa shape index (κ1) is 13.3. The van der Waals surface area contributed by atoms with Crippen molar-refractivity contribution < 1.29 is 14.0 Å². The number of carbonyl (C=O) groups is 2. The van der Waals surface area contributed by atoms with Crippen LogP contribution >= 0.6 is 0 Å². The lowest BCUT2D eigenvalue weighted by Gasteiger charge is -2.31. The Hall–Kier alpha value is -2.11. The fourth-order valence-electron chi connectivity index (χ4n) is 2.31. The second kappa shape index (κ2) is 5.26. The molecule has 1 fully saturated rings. The van der Waals surface area contributed by atoms with Crippen molar-refractivity contribution in [2.75, 3.05) is 18.8 Å². The number of nitrogens with two attached hydrogens (primary N) is 2. The number of benzene rings is 1. The summed E-state index contributed by atoms with van der Waals surface area (Å²) >= 11 is 0. The van der Waals surface area contributed by atoms with Gasteiger partial charge in [0.1, 0.15) is 5.82 Å². The number of rotatable bonds is 2. The predicted molar refractivity (Wildman–Crippen MR) is 68.6 cm³/mol. The van der Waals surface area contributed by atoms with E-state index in [-0.39, 0.29) is 29.6 Å². The first-order chi connectivity index (χ1) is 8.97. The van der Waals surface area contributed by atoms with E-state index < -0.39 is 11.7 Å². The van der Waals surface area contributed by atoms with Gasteiger partial charge in [-0.15, -0.1) is 0 Å². The van der Waals surface area contributed by atoms with Crippen LogP contribution in [0, 0.1) is 11.7 Å². The van der Waals surface area contributed by atoms with Gasteiger partial charge in [0.15, 0.2) is 0 Å². The van der Waals surface area contributed by atoms with E-state index in [0.29, 0.717) is 19.4 Å². The minimum atomic E-state index is -0.549. The van der Waals surface area contributed by atoms with Gasteiger partial charge in [-0.2, -0.15) is 0 Å². The molecule has 2 rings (SSSR count). The maximum absolute atomic E-state index is 13.2. The van der Waals surface area contributed by atoms with Crippen molar-refractivity contribution in [1.82, 2.24) is 4.90 Å². The number of amides is 2. The van der Waals surface area contributed by atoms with Gasteiger partial charge in [-0.3, -0.25) is 9.59 Å². The van der Waals surface area contributed by atoms with Crippen LogP contribution in [0.25, 0.3) is 0 Å². The van der Waals surface area contributed by atoms with E-state index in [2.05, 4.69) is 0 Å². The average molecular weight is 265 g/mol. The number of carbonyl (C=O) groups excluding carboxylic acids is 2. The van der Waals surface area contributed by atoms with Crippen molar-refractivity contribution in [3.8, 4) is 0 Å². The van der Waals surface area contributed by atoms with Crippen LogP contribution in [-0.2, 0) is 4.79 Å². The first-order valence-electron chi connectivity index (χ1n) is 6.12. The molecule has 19 heavy (non-hydrogen) atoms. The van der Waals surface area contributed by atoms with Crippen LogP contribution in [0.5, 0.6) is 0 Å². The Labute approximate surface area is 110 Å². The number of likely N-dealkylation sites (tertiary alicyclic amines) is 1. The summed E-state index contributed by atoms with van der Waals surface area (Å²) < 4.78 is 13.2. The summed E-state index contributed by atoms with van der Waals surface area (Å²) in [6.07, 6.45) is 1.40. The van der Waals surface area contributed by atoms with Crippen molar-refractivity contribution in [2.24, 2.45) is 11.7 Å². The monoisotopic (exact) mass is 265 g/mol. The lowest BCUT2D eigenvalue weighted by Crippen LogP contribution is -2.44. The van der Waals surface area contributed by atoms with Crippen molar-refractivity contribution in [2.45, 2.75) is 12.8 Å². The van der Waals surface area contributed by atoms with Crippen molar-refractivity contribution in [1.29, 1.82) is 0 Å². The third kappa shape index (κ3) is 3.01. The average Bonchev–Trinajstić information content (AvgIpc) is 2.37. The fraction of sp³-hybridized carbons (Fsp3) is 0.385. The Morgan fingerprint density at radius 2 is 2.05 bits per heavy atom. The summed E-state index contributed by atoms with van der Waals surface area (Å²) in [5.41, 5.74) is 11.2. The molecule has 4 N–H and O–H groups in total. The number of hydrogen-bond donors (Lipinski definition) is 2. The molecule has 1 aromatic carbocycles. The van der Waals surface area contributed by atoms with Gasteiger partial charge in [-0.1, -0.05) is 0 Å². The number of piperidine rings is 1. The summed E-state index contributed by atoms with van der Waals surface area (Å²) in [6, 6.07) is 3.73. The van der Waals surface area contributed by atoms with Crippen LogP contribution in [0.15, 0.2) is 18.2 Å². The lowest BCUT2D eigenvalue weighted by molar-refractivity contribution is -0.123. The van der Waals surface area contributed by atoms with Crippen molar-refractivity contribution >= 4 is 17.5 Å². The highest BCUT2D eigenvalue weighted by Crippen LogP contribution is 2.20. The molecule has 5 nitrogen and oxygen atoms in total. The van der Waals surface area contributed by atoms with Gasteiger partial charge in [-0.25, -0.2) is 4.39 Å². The molecule has 1 aliphatic rings. The van der Waals surface area contributed by atoms with Gasteiger partial charge in [0.2, 0.25) is 5.91 Å². The second-order valence-electron chi connectivity index (χ2n) is 4.77. The second-order valence-corrected chi connectivity index (χ2v) is 4.77. The van der Waals surface area contributed by atoms with E-state index in [1.807, 2.05) is 0 Å². The molecular formula is C13H16FN3O2. The zero-order valence-electron chi connectivity index (χ0n) is 10.4. The Morgan fingerprint density at radius 3 is 2.68 bits per heavy atom. The zero-order valence-corrected chi connectivity index (χ0v) is 10.4. The molecule has 0 aromatic heterocycles. The summed E-state index contributed by atoms with van der Waals surface area (Å²) in [7, 11) is 0. The summed E-state index contributed by atoms with van der Waals surface area (Å²) in [5, 5.41) is 0. The molecule has 0 spiro atoms. The topological polar surface area (TPSA) is 89.4 Å². The number of anilines is 1. The zero-order chi connectivity index (χ0) is 14.0. The summed E-state index contributed by atoms with van der Waals surface area (Å²) in [4.78, 5) is 24.9.